The van der Waals surface area contributed by atoms with Crippen molar-refractivity contribution in [3.8, 4) is 12.1 Å². The van der Waals surface area contributed by atoms with Crippen molar-refractivity contribution in [2.24, 2.45) is 0 Å². The molecular weight excluding hydrogens is 988 g/mol. The zero-order valence-electron chi connectivity index (χ0n) is 37.3. The molecule has 2 atom stereocenters. The van der Waals surface area contributed by atoms with Crippen LogP contribution in [0.1, 0.15) is 58.3 Å². The molecule has 70 heavy (non-hydrogen) atoms. The first kappa shape index (κ1) is 50.7. The van der Waals surface area contributed by atoms with Gasteiger partial charge in [0.1, 0.15) is 6.54 Å². The van der Waals surface area contributed by atoms with Gasteiger partial charge in [-0.3, -0.25) is 19.4 Å². The van der Waals surface area contributed by atoms with Gasteiger partial charge < -0.3 is 47.0 Å². The molecule has 4 heterocycles. The second-order valence-electron chi connectivity index (χ2n) is 17.4. The molecule has 0 unspecified atom stereocenters. The minimum absolute atomic E-state index is 0. The van der Waals surface area contributed by atoms with Gasteiger partial charge in [-0.2, -0.15) is 36.9 Å². The van der Waals surface area contributed by atoms with Crippen LogP contribution in [-0.4, -0.2) is 103 Å². The number of halogens is 7. The lowest BCUT2D eigenvalue weighted by Gasteiger charge is -2.35. The summed E-state index contributed by atoms with van der Waals surface area (Å²) in [6.07, 6.45) is -8.63. The summed E-state index contributed by atoms with van der Waals surface area (Å²) in [5.41, 5.74) is 0.292. The first-order valence-electron chi connectivity index (χ1n) is 21.9. The summed E-state index contributed by atoms with van der Waals surface area (Å²) in [7, 11) is 1.90. The van der Waals surface area contributed by atoms with Gasteiger partial charge in [0.25, 0.3) is 11.8 Å². The van der Waals surface area contributed by atoms with Crippen LogP contribution in [0, 0.1) is 22.7 Å². The zero-order valence-corrected chi connectivity index (χ0v) is 38.9. The topological polar surface area (TPSA) is 173 Å². The zero-order chi connectivity index (χ0) is 49.4. The summed E-state index contributed by atoms with van der Waals surface area (Å²) in [6.45, 7) is 1.08. The summed E-state index contributed by atoms with van der Waals surface area (Å²) < 4.78 is 83.2. The fourth-order valence-corrected chi connectivity index (χ4v) is 9.40. The highest BCUT2D eigenvalue weighted by atomic mass is 79.9. The van der Waals surface area contributed by atoms with Gasteiger partial charge in [-0.15, -0.1) is 0 Å². The van der Waals surface area contributed by atoms with Gasteiger partial charge in [0, 0.05) is 25.9 Å². The number of nitrogens with one attached hydrogen (secondary N) is 2. The summed E-state index contributed by atoms with van der Waals surface area (Å²) in [4.78, 5) is 61.3. The van der Waals surface area contributed by atoms with E-state index in [1.807, 2.05) is 19.2 Å². The van der Waals surface area contributed by atoms with Crippen molar-refractivity contribution in [2.75, 3.05) is 69.3 Å². The Bertz CT molecular complexity index is 2670. The standard InChI is InChI=1S/C49H43F6N9O5.BrH/c1-64(22-23-65,20-4-18-60-28-38-40(44(60)66)42(32-14-10-30(26-56)11-15-32)58-46(68)62(38)36-8-2-6-34(24-36)48(50,51)52)21-5-19-61-29-39-41(45(61)67)43(33-16-12-31(27-57)13-17-33)59-47(69)63(39)37-9-3-7-35(25-37)49(53,54)55;/h2-3,6-17,24-25,42-43,65H,4-5,18-23,28-29H2,1H3,(H-,58,59,68,69);1H/t42-,43-;/m1./s1. The Morgan fingerprint density at radius 2 is 1.01 bits per heavy atom. The van der Waals surface area contributed by atoms with Crippen LogP contribution < -0.4 is 37.4 Å². The van der Waals surface area contributed by atoms with Crippen molar-refractivity contribution in [3.63, 3.8) is 0 Å². The number of nitriles is 2. The van der Waals surface area contributed by atoms with E-state index in [1.54, 1.807) is 24.3 Å². The maximum atomic E-state index is 14.3. The molecule has 21 heteroatoms. The molecule has 0 fully saturated rings. The van der Waals surface area contributed by atoms with Gasteiger partial charge in [-0.05, 0) is 71.8 Å². The maximum Gasteiger partial charge on any atom is 0.416 e. The van der Waals surface area contributed by atoms with Crippen molar-refractivity contribution in [1.82, 2.24) is 20.4 Å². The molecule has 364 valence electrons. The molecular formula is C49H44BrF6N9O5. The average molecular weight is 1030 g/mol. The minimum Gasteiger partial charge on any atom is -1.00 e. The van der Waals surface area contributed by atoms with Crippen molar-refractivity contribution < 1.29 is 72.1 Å². The Hall–Kier alpha value is -7.20. The molecule has 0 saturated heterocycles. The number of rotatable bonds is 14. The molecule has 14 nitrogen and oxygen atoms in total. The first-order chi connectivity index (χ1) is 32.8. The monoisotopic (exact) mass is 1030 g/mol. The van der Waals surface area contributed by atoms with E-state index in [-0.39, 0.29) is 94.7 Å². The number of carbonyl (C=O) groups is 4. The smallest absolute Gasteiger partial charge is 0.416 e. The van der Waals surface area contributed by atoms with Gasteiger partial charge >= 0.3 is 24.4 Å². The molecule has 0 aromatic heterocycles. The number of aliphatic hydroxyl groups is 1. The molecule has 6 amide bonds. The molecule has 4 aromatic rings. The van der Waals surface area contributed by atoms with Gasteiger partial charge in [0.2, 0.25) is 0 Å². The number of alkyl halides is 6. The summed E-state index contributed by atoms with van der Waals surface area (Å²) >= 11 is 0. The number of anilines is 2. The molecule has 0 bridgehead atoms. The normalized spacial score (nSPS) is 18.3. The van der Waals surface area contributed by atoms with Crippen LogP contribution in [0.3, 0.4) is 0 Å². The van der Waals surface area contributed by atoms with E-state index in [0.29, 0.717) is 48.2 Å². The molecule has 4 aliphatic rings. The number of hydrogen-bond donors (Lipinski definition) is 3. The molecule has 4 aliphatic heterocycles. The molecule has 0 aliphatic carbocycles. The van der Waals surface area contributed by atoms with Crippen molar-refractivity contribution >= 4 is 35.3 Å². The molecule has 3 N–H and O–H groups in total. The van der Waals surface area contributed by atoms with E-state index < -0.39 is 59.4 Å². The second kappa shape index (κ2) is 20.0. The van der Waals surface area contributed by atoms with Gasteiger partial charge in [0.15, 0.2) is 0 Å². The number of quaternary nitrogens is 1. The van der Waals surface area contributed by atoms with Crippen LogP contribution in [0.5, 0.6) is 0 Å². The predicted octanol–water partition coefficient (Wildman–Crippen LogP) is 4.13. The van der Waals surface area contributed by atoms with Crippen LogP contribution in [0.2, 0.25) is 0 Å². The lowest BCUT2D eigenvalue weighted by atomic mass is 9.94. The van der Waals surface area contributed by atoms with Gasteiger partial charge in [0.05, 0.1) is 120 Å². The number of urea groups is 2. The summed E-state index contributed by atoms with van der Waals surface area (Å²) in [6, 6.07) is 21.6. The highest BCUT2D eigenvalue weighted by molar-refractivity contribution is 6.08. The maximum absolute atomic E-state index is 14.3. The largest absolute Gasteiger partial charge is 1.00 e. The van der Waals surface area contributed by atoms with Crippen LogP contribution in [-0.2, 0) is 21.9 Å². The number of benzene rings is 4. The third kappa shape index (κ3) is 10.1. The number of amides is 6. The molecule has 0 spiro atoms. The number of nitrogens with zero attached hydrogens (tertiary/aromatic N) is 7. The van der Waals surface area contributed by atoms with Crippen LogP contribution >= 0.6 is 0 Å². The van der Waals surface area contributed by atoms with E-state index in [9.17, 15) is 61.2 Å². The van der Waals surface area contributed by atoms with Crippen LogP contribution in [0.4, 0.5) is 47.3 Å². The summed E-state index contributed by atoms with van der Waals surface area (Å²) in [5, 5.41) is 34.4. The molecule has 8 rings (SSSR count). The van der Waals surface area contributed by atoms with Crippen molar-refractivity contribution in [1.29, 1.82) is 10.5 Å². The highest BCUT2D eigenvalue weighted by Gasteiger charge is 2.47. The van der Waals surface area contributed by atoms with E-state index in [1.165, 1.54) is 58.3 Å². The Morgan fingerprint density at radius 1 is 0.629 bits per heavy atom. The molecule has 0 radical (unpaired) electrons. The van der Waals surface area contributed by atoms with Crippen molar-refractivity contribution in [2.45, 2.75) is 37.3 Å². The van der Waals surface area contributed by atoms with Crippen LogP contribution in [0.25, 0.3) is 0 Å². The quantitative estimate of drug-likeness (QED) is 0.126. The third-order valence-electron chi connectivity index (χ3n) is 12.9. The Morgan fingerprint density at radius 3 is 1.36 bits per heavy atom. The number of carbonyl (C=O) groups excluding carboxylic acids is 4. The average Bonchev–Trinajstić information content (AvgIpc) is 3.82. The lowest BCUT2D eigenvalue weighted by Crippen LogP contribution is -3.00. The van der Waals surface area contributed by atoms with E-state index in [2.05, 4.69) is 10.6 Å². The number of aliphatic hydroxyl groups excluding tert-OH is 1. The fourth-order valence-electron chi connectivity index (χ4n) is 9.40. The SMILES string of the molecule is C[N+](CCO)(CCCN1CC2=C(C1=O)[C@@H](c1ccc(C#N)cc1)NC(=O)N2c1cccc(C(F)(F)F)c1)CCCN1CC2=C(C1=O)[C@@H](c1ccc(C#N)cc1)NC(=O)N2c1cccc(C(F)(F)F)c1.[Br-]. The first-order valence-corrected chi connectivity index (χ1v) is 21.9. The lowest BCUT2D eigenvalue weighted by molar-refractivity contribution is -0.910. The fraction of sp³-hybridized carbons (Fsp3) is 0.306. The third-order valence-corrected chi connectivity index (χ3v) is 12.9. The Balaban J connectivity index is 0.00000722. The van der Waals surface area contributed by atoms with Crippen molar-refractivity contribution in [3.05, 3.63) is 153 Å². The van der Waals surface area contributed by atoms with Gasteiger partial charge in [-0.1, -0.05) is 36.4 Å². The predicted molar refractivity (Wildman–Crippen MR) is 237 cm³/mol. The van der Waals surface area contributed by atoms with Gasteiger partial charge in [-0.25, -0.2) is 9.59 Å². The highest BCUT2D eigenvalue weighted by Crippen LogP contribution is 2.42. The Kier molecular flexibility index (Phi) is 14.5. The minimum atomic E-state index is -4.70. The Labute approximate surface area is 408 Å². The second-order valence-corrected chi connectivity index (χ2v) is 17.4. The molecule has 4 aromatic carbocycles. The van der Waals surface area contributed by atoms with E-state index in [4.69, 9.17) is 0 Å². The van der Waals surface area contributed by atoms with Crippen LogP contribution in [0.15, 0.2) is 120 Å². The summed E-state index contributed by atoms with van der Waals surface area (Å²) in [5.74, 6) is -0.883. The van der Waals surface area contributed by atoms with E-state index in [0.717, 1.165) is 34.1 Å². The molecule has 0 saturated carbocycles. The number of hydrogen-bond acceptors (Lipinski definition) is 7. The number of likely N-dealkylation sites (N-methyl/N-ethyl adjacent to an activating group) is 1. The van der Waals surface area contributed by atoms with E-state index >= 15 is 0 Å².